The Balaban J connectivity index is 1.58. The van der Waals surface area contributed by atoms with Crippen molar-refractivity contribution in [2.75, 3.05) is 18.6 Å². The number of aromatic nitrogens is 3. The van der Waals surface area contributed by atoms with E-state index in [0.29, 0.717) is 11.9 Å². The molecule has 0 aromatic carbocycles. The summed E-state index contributed by atoms with van der Waals surface area (Å²) >= 11 is 0. The van der Waals surface area contributed by atoms with Crippen LogP contribution in [-0.2, 0) is 16.4 Å². The van der Waals surface area contributed by atoms with Crippen molar-refractivity contribution in [3.8, 4) is 0 Å². The summed E-state index contributed by atoms with van der Waals surface area (Å²) < 4.78 is 25.2. The van der Waals surface area contributed by atoms with E-state index in [4.69, 9.17) is 0 Å². The Morgan fingerprint density at radius 1 is 1.36 bits per heavy atom. The molecule has 1 aliphatic heterocycles. The van der Waals surface area contributed by atoms with Crippen LogP contribution in [0.3, 0.4) is 0 Å². The van der Waals surface area contributed by atoms with Crippen LogP contribution in [-0.4, -0.2) is 69.9 Å². The predicted octanol–water partition coefficient (Wildman–Crippen LogP) is 0.0826. The van der Waals surface area contributed by atoms with E-state index in [1.807, 2.05) is 4.57 Å². The third kappa shape index (κ3) is 4.12. The molecule has 0 bridgehead atoms. The van der Waals surface area contributed by atoms with Gasteiger partial charge in [0.15, 0.2) is 15.7 Å². The minimum absolute atomic E-state index is 0.212. The van der Waals surface area contributed by atoms with Crippen molar-refractivity contribution in [1.29, 1.82) is 0 Å². The fourth-order valence-electron chi connectivity index (χ4n) is 3.67. The first-order chi connectivity index (χ1) is 11.9. The first-order valence-corrected chi connectivity index (χ1v) is 10.5. The van der Waals surface area contributed by atoms with E-state index in [0.717, 1.165) is 12.8 Å². The zero-order chi connectivity index (χ0) is 18.0. The van der Waals surface area contributed by atoms with E-state index in [-0.39, 0.29) is 18.1 Å². The Bertz CT molecular complexity index is 713. The zero-order valence-corrected chi connectivity index (χ0v) is 15.2. The second kappa shape index (κ2) is 7.28. The Labute approximate surface area is 147 Å². The van der Waals surface area contributed by atoms with E-state index >= 15 is 0 Å². The van der Waals surface area contributed by atoms with Crippen LogP contribution in [0.1, 0.15) is 44.0 Å². The zero-order valence-electron chi connectivity index (χ0n) is 14.3. The summed E-state index contributed by atoms with van der Waals surface area (Å²) in [4.78, 5) is 13.6. The number of hydrogen-bond acceptors (Lipinski definition) is 6. The lowest BCUT2D eigenvalue weighted by molar-refractivity contribution is 0.110. The molecule has 2 amide bonds. The summed E-state index contributed by atoms with van der Waals surface area (Å²) in [6, 6.07) is -0.782. The van der Waals surface area contributed by atoms with Gasteiger partial charge in [-0.3, -0.25) is 0 Å². The third-order valence-corrected chi connectivity index (χ3v) is 6.82. The molecule has 2 aliphatic rings. The van der Waals surface area contributed by atoms with Crippen LogP contribution in [0.15, 0.2) is 6.33 Å². The Hall–Kier alpha value is -1.68. The molecule has 2 N–H and O–H groups in total. The molecule has 2 heterocycles. The largest absolute Gasteiger partial charge is 0.390 e. The van der Waals surface area contributed by atoms with Gasteiger partial charge in [-0.2, -0.15) is 0 Å². The molecule has 1 aromatic rings. The molecule has 140 valence electrons. The summed E-state index contributed by atoms with van der Waals surface area (Å²) in [6.45, 7) is 0.217. The van der Waals surface area contributed by atoms with Crippen LogP contribution in [0.25, 0.3) is 0 Å². The molecule has 1 aromatic heterocycles. The van der Waals surface area contributed by atoms with Gasteiger partial charge in [0.2, 0.25) is 0 Å². The van der Waals surface area contributed by atoms with Gasteiger partial charge in [0.1, 0.15) is 6.33 Å². The van der Waals surface area contributed by atoms with Crippen molar-refractivity contribution < 1.29 is 18.3 Å². The number of rotatable bonds is 4. The number of aliphatic hydroxyl groups excluding tert-OH is 1. The highest BCUT2D eigenvalue weighted by Gasteiger charge is 2.40. The van der Waals surface area contributed by atoms with Gasteiger partial charge in [-0.25, -0.2) is 13.2 Å². The van der Waals surface area contributed by atoms with Gasteiger partial charge in [0.25, 0.3) is 0 Å². The van der Waals surface area contributed by atoms with Crippen LogP contribution < -0.4 is 5.32 Å². The number of urea groups is 1. The molecule has 10 heteroatoms. The molecule has 0 unspecified atom stereocenters. The van der Waals surface area contributed by atoms with Gasteiger partial charge < -0.3 is 19.9 Å². The maximum Gasteiger partial charge on any atom is 0.317 e. The van der Waals surface area contributed by atoms with Crippen molar-refractivity contribution in [2.45, 2.75) is 56.8 Å². The topological polar surface area (TPSA) is 117 Å². The lowest BCUT2D eigenvalue weighted by atomic mass is 9.95. The number of likely N-dealkylation sites (N-methyl/N-ethyl adjacent to an activating group) is 1. The molecule has 1 saturated heterocycles. The van der Waals surface area contributed by atoms with E-state index in [9.17, 15) is 18.3 Å². The summed E-state index contributed by atoms with van der Waals surface area (Å²) in [5, 5.41) is 20.7. The number of nitrogens with zero attached hydrogens (tertiary/aromatic N) is 4. The Morgan fingerprint density at radius 3 is 2.72 bits per heavy atom. The molecule has 1 saturated carbocycles. The van der Waals surface area contributed by atoms with Gasteiger partial charge in [-0.1, -0.05) is 19.3 Å². The fourth-order valence-corrected chi connectivity index (χ4v) is 5.51. The molecular formula is C15H25N5O4S. The van der Waals surface area contributed by atoms with Crippen molar-refractivity contribution in [2.24, 2.45) is 0 Å². The molecule has 1 aliphatic carbocycles. The van der Waals surface area contributed by atoms with Gasteiger partial charge in [0.05, 0.1) is 30.2 Å². The number of amides is 2. The second-order valence-electron chi connectivity index (χ2n) is 6.93. The predicted molar refractivity (Wildman–Crippen MR) is 90.6 cm³/mol. The number of sulfone groups is 1. The number of carbonyl (C=O) groups is 1. The molecule has 25 heavy (non-hydrogen) atoms. The quantitative estimate of drug-likeness (QED) is 0.774. The molecule has 2 atom stereocenters. The van der Waals surface area contributed by atoms with Gasteiger partial charge in [-0.15, -0.1) is 10.2 Å². The average Bonchev–Trinajstić information content (AvgIpc) is 3.16. The summed E-state index contributed by atoms with van der Waals surface area (Å²) in [5.74, 6) is 0.176. The molecule has 2 fully saturated rings. The Morgan fingerprint density at radius 2 is 2.08 bits per heavy atom. The first-order valence-electron chi connectivity index (χ1n) is 8.65. The van der Waals surface area contributed by atoms with E-state index < -0.39 is 28.0 Å². The van der Waals surface area contributed by atoms with Crippen LogP contribution in [0.2, 0.25) is 0 Å². The van der Waals surface area contributed by atoms with Crippen molar-refractivity contribution in [3.63, 3.8) is 0 Å². The van der Waals surface area contributed by atoms with Gasteiger partial charge in [0, 0.05) is 13.1 Å². The highest BCUT2D eigenvalue weighted by Crippen LogP contribution is 2.28. The number of aliphatic hydroxyl groups is 1. The number of carbonyl (C=O) groups excluding carboxylic acids is 1. The van der Waals surface area contributed by atoms with Gasteiger partial charge >= 0.3 is 6.03 Å². The second-order valence-corrected chi connectivity index (χ2v) is 9.08. The minimum Gasteiger partial charge on any atom is -0.390 e. The van der Waals surface area contributed by atoms with E-state index in [2.05, 4.69) is 15.5 Å². The molecule has 0 radical (unpaired) electrons. The third-order valence-electron chi connectivity index (χ3n) is 5.12. The lowest BCUT2D eigenvalue weighted by Gasteiger charge is -2.27. The summed E-state index contributed by atoms with van der Waals surface area (Å²) in [6.07, 6.45) is 6.45. The molecule has 0 spiro atoms. The minimum atomic E-state index is -3.30. The fraction of sp³-hybridized carbons (Fsp3) is 0.800. The number of hydrogen-bond donors (Lipinski definition) is 2. The monoisotopic (exact) mass is 371 g/mol. The van der Waals surface area contributed by atoms with Crippen molar-refractivity contribution in [3.05, 3.63) is 12.2 Å². The Kier molecular flexibility index (Phi) is 5.28. The SMILES string of the molecule is CN(C(=O)NCc1nncn1C1CCCCC1)[C@@H]1CS(=O)(=O)C[C@H]1O. The number of nitrogens with one attached hydrogen (secondary N) is 1. The normalized spacial score (nSPS) is 26.5. The highest BCUT2D eigenvalue weighted by atomic mass is 32.2. The molecule has 9 nitrogen and oxygen atoms in total. The maximum atomic E-state index is 12.3. The van der Waals surface area contributed by atoms with Crippen LogP contribution in [0.5, 0.6) is 0 Å². The average molecular weight is 371 g/mol. The van der Waals surface area contributed by atoms with Crippen LogP contribution in [0, 0.1) is 0 Å². The summed E-state index contributed by atoms with van der Waals surface area (Å²) in [5.41, 5.74) is 0. The van der Waals surface area contributed by atoms with Crippen LogP contribution >= 0.6 is 0 Å². The van der Waals surface area contributed by atoms with Crippen LogP contribution in [0.4, 0.5) is 4.79 Å². The van der Waals surface area contributed by atoms with Gasteiger partial charge in [-0.05, 0) is 12.8 Å². The smallest absolute Gasteiger partial charge is 0.317 e. The maximum absolute atomic E-state index is 12.3. The lowest BCUT2D eigenvalue weighted by Crippen LogP contribution is -2.48. The standard InChI is InChI=1S/C15H25N5O4S/c1-19(12-8-25(23,24)9-13(12)21)15(22)16-7-14-18-17-10-20(14)11-5-3-2-4-6-11/h10-13,21H,2-9H2,1H3,(H,16,22)/t12-,13-/m1/s1. The molecular weight excluding hydrogens is 346 g/mol. The van der Waals surface area contributed by atoms with E-state index in [1.165, 1.54) is 31.2 Å². The molecule has 3 rings (SSSR count). The van der Waals surface area contributed by atoms with Crippen molar-refractivity contribution in [1.82, 2.24) is 25.0 Å². The summed E-state index contributed by atoms with van der Waals surface area (Å²) in [7, 11) is -1.80. The van der Waals surface area contributed by atoms with E-state index in [1.54, 1.807) is 6.33 Å². The van der Waals surface area contributed by atoms with Crippen molar-refractivity contribution >= 4 is 15.9 Å². The highest BCUT2D eigenvalue weighted by molar-refractivity contribution is 7.91. The first kappa shape index (κ1) is 18.1.